The number of thiophene rings is 1. The Kier molecular flexibility index (Phi) is 6.85. The molecule has 0 spiro atoms. The minimum atomic E-state index is 0.0109. The lowest BCUT2D eigenvalue weighted by molar-refractivity contribution is -0.121. The van der Waals surface area contributed by atoms with Crippen LogP contribution in [0, 0.1) is 6.92 Å². The monoisotopic (exact) mass is 387 g/mol. The number of carbonyl (C=O) groups excluding carboxylic acids is 1. The third kappa shape index (κ3) is 5.71. The molecule has 26 heavy (non-hydrogen) atoms. The number of nitrogens with one attached hydrogen (secondary N) is 1. The van der Waals surface area contributed by atoms with Crippen LogP contribution in [0.2, 0.25) is 0 Å². The van der Waals surface area contributed by atoms with Crippen molar-refractivity contribution >= 4 is 29.0 Å². The first-order chi connectivity index (χ1) is 12.7. The highest BCUT2D eigenvalue weighted by molar-refractivity contribution is 7.98. The van der Waals surface area contributed by atoms with Crippen LogP contribution >= 0.6 is 23.1 Å². The van der Waals surface area contributed by atoms with Crippen molar-refractivity contribution in [2.45, 2.75) is 25.5 Å². The molecule has 0 aliphatic carbocycles. The molecular formula is C19H21N3O2S2. The molecule has 0 aliphatic rings. The van der Waals surface area contributed by atoms with Crippen LogP contribution in [-0.4, -0.2) is 28.3 Å². The molecule has 1 aromatic carbocycles. The Morgan fingerprint density at radius 3 is 2.88 bits per heavy atom. The molecular weight excluding hydrogens is 366 g/mol. The molecule has 1 N–H and O–H groups in total. The second-order valence-electron chi connectivity index (χ2n) is 5.88. The summed E-state index contributed by atoms with van der Waals surface area (Å²) in [6.07, 6.45) is 0.815. The molecule has 0 atom stereocenters. The summed E-state index contributed by atoms with van der Waals surface area (Å²) in [5.41, 5.74) is 2.58. The largest absolute Gasteiger partial charge is 0.355 e. The van der Waals surface area contributed by atoms with Gasteiger partial charge < -0.3 is 9.84 Å². The number of thioether (sulfide) groups is 1. The second kappa shape index (κ2) is 9.54. The molecule has 5 nitrogen and oxygen atoms in total. The normalized spacial score (nSPS) is 10.8. The van der Waals surface area contributed by atoms with Gasteiger partial charge in [-0.25, -0.2) is 0 Å². The van der Waals surface area contributed by atoms with E-state index >= 15 is 0 Å². The molecule has 0 aliphatic heterocycles. The Morgan fingerprint density at radius 2 is 2.12 bits per heavy atom. The van der Waals surface area contributed by atoms with Gasteiger partial charge in [0.05, 0.1) is 4.88 Å². The maximum atomic E-state index is 11.9. The zero-order valence-corrected chi connectivity index (χ0v) is 16.2. The van der Waals surface area contributed by atoms with E-state index in [1.807, 2.05) is 29.3 Å². The third-order valence-corrected chi connectivity index (χ3v) is 5.63. The molecule has 0 saturated heterocycles. The number of amides is 1. The summed E-state index contributed by atoms with van der Waals surface area (Å²) in [6.45, 7) is 2.75. The summed E-state index contributed by atoms with van der Waals surface area (Å²) < 4.78 is 5.20. The van der Waals surface area contributed by atoms with Crippen LogP contribution in [0.25, 0.3) is 10.7 Å². The molecule has 0 bridgehead atoms. The van der Waals surface area contributed by atoms with Gasteiger partial charge in [0.1, 0.15) is 0 Å². The highest BCUT2D eigenvalue weighted by Crippen LogP contribution is 2.21. The lowest BCUT2D eigenvalue weighted by atomic mass is 10.2. The van der Waals surface area contributed by atoms with E-state index in [1.165, 1.54) is 11.1 Å². The van der Waals surface area contributed by atoms with E-state index in [0.717, 1.165) is 16.4 Å². The van der Waals surface area contributed by atoms with Gasteiger partial charge in [0, 0.05) is 30.9 Å². The van der Waals surface area contributed by atoms with Gasteiger partial charge in [0.25, 0.3) is 0 Å². The minimum absolute atomic E-state index is 0.0109. The smallest absolute Gasteiger partial charge is 0.227 e. The van der Waals surface area contributed by atoms with Crippen molar-refractivity contribution < 1.29 is 9.32 Å². The van der Waals surface area contributed by atoms with Crippen LogP contribution in [0.15, 0.2) is 46.3 Å². The predicted molar refractivity (Wildman–Crippen MR) is 106 cm³/mol. The number of nitrogens with zero attached hydrogens (tertiary/aromatic N) is 2. The molecule has 3 aromatic rings. The number of benzene rings is 1. The second-order valence-corrected chi connectivity index (χ2v) is 7.93. The topological polar surface area (TPSA) is 68.0 Å². The van der Waals surface area contributed by atoms with Crippen LogP contribution in [0.4, 0.5) is 0 Å². The number of hydrogen-bond acceptors (Lipinski definition) is 6. The van der Waals surface area contributed by atoms with Crippen molar-refractivity contribution in [2.75, 3.05) is 12.3 Å². The zero-order chi connectivity index (χ0) is 18.2. The SMILES string of the molecule is Cc1ccc(CSCCNC(=O)CCc2nc(-c3cccs3)no2)cc1. The van der Waals surface area contributed by atoms with E-state index in [-0.39, 0.29) is 5.91 Å². The van der Waals surface area contributed by atoms with Crippen molar-refractivity contribution in [2.24, 2.45) is 0 Å². The minimum Gasteiger partial charge on any atom is -0.355 e. The maximum Gasteiger partial charge on any atom is 0.227 e. The Labute approximate surface area is 161 Å². The summed E-state index contributed by atoms with van der Waals surface area (Å²) in [4.78, 5) is 17.2. The molecule has 0 saturated carbocycles. The van der Waals surface area contributed by atoms with Crippen LogP contribution in [0.1, 0.15) is 23.4 Å². The van der Waals surface area contributed by atoms with Crippen molar-refractivity contribution in [1.29, 1.82) is 0 Å². The Hall–Kier alpha value is -2.12. The Morgan fingerprint density at radius 1 is 1.27 bits per heavy atom. The summed E-state index contributed by atoms with van der Waals surface area (Å²) >= 11 is 3.38. The average molecular weight is 388 g/mol. The first kappa shape index (κ1) is 18.7. The molecule has 1 amide bonds. The fourth-order valence-electron chi connectivity index (χ4n) is 2.31. The summed E-state index contributed by atoms with van der Waals surface area (Å²) in [5.74, 6) is 2.95. The highest BCUT2D eigenvalue weighted by atomic mass is 32.2. The van der Waals surface area contributed by atoms with Gasteiger partial charge in [-0.15, -0.1) is 11.3 Å². The van der Waals surface area contributed by atoms with Crippen LogP contribution in [0.3, 0.4) is 0 Å². The van der Waals surface area contributed by atoms with Crippen LogP contribution in [0.5, 0.6) is 0 Å². The van der Waals surface area contributed by atoms with Crippen LogP contribution < -0.4 is 5.32 Å². The molecule has 2 heterocycles. The average Bonchev–Trinajstić information content (AvgIpc) is 3.33. The Balaban J connectivity index is 1.30. The van der Waals surface area contributed by atoms with Crippen molar-refractivity contribution in [3.63, 3.8) is 0 Å². The van der Waals surface area contributed by atoms with E-state index in [0.29, 0.717) is 31.1 Å². The molecule has 0 fully saturated rings. The summed E-state index contributed by atoms with van der Waals surface area (Å²) in [7, 11) is 0. The van der Waals surface area contributed by atoms with E-state index in [1.54, 1.807) is 11.3 Å². The summed E-state index contributed by atoms with van der Waals surface area (Å²) in [6, 6.07) is 12.4. The van der Waals surface area contributed by atoms with Crippen LogP contribution in [-0.2, 0) is 17.0 Å². The van der Waals surface area contributed by atoms with Gasteiger partial charge in [-0.2, -0.15) is 16.7 Å². The maximum absolute atomic E-state index is 11.9. The molecule has 136 valence electrons. The van der Waals surface area contributed by atoms with Gasteiger partial charge in [0.15, 0.2) is 0 Å². The van der Waals surface area contributed by atoms with Crippen molar-refractivity contribution in [3.05, 3.63) is 58.8 Å². The van der Waals surface area contributed by atoms with Gasteiger partial charge >= 0.3 is 0 Å². The molecule has 0 unspecified atom stereocenters. The standard InChI is InChI=1S/C19H21N3O2S2/c1-14-4-6-15(7-5-14)13-25-12-10-20-17(23)8-9-18-21-19(22-24-18)16-3-2-11-26-16/h2-7,11H,8-10,12-13H2,1H3,(H,20,23). The molecule has 0 radical (unpaired) electrons. The fourth-order valence-corrected chi connectivity index (χ4v) is 3.78. The lowest BCUT2D eigenvalue weighted by Crippen LogP contribution is -2.25. The van der Waals surface area contributed by atoms with Gasteiger partial charge in [-0.1, -0.05) is 41.1 Å². The van der Waals surface area contributed by atoms with E-state index in [2.05, 4.69) is 46.6 Å². The van der Waals surface area contributed by atoms with Gasteiger partial charge in [-0.3, -0.25) is 4.79 Å². The number of rotatable bonds is 9. The third-order valence-electron chi connectivity index (χ3n) is 3.73. The summed E-state index contributed by atoms with van der Waals surface area (Å²) in [5, 5.41) is 8.85. The van der Waals surface area contributed by atoms with E-state index < -0.39 is 0 Å². The number of carbonyl (C=O) groups is 1. The molecule has 7 heteroatoms. The number of aryl methyl sites for hydroxylation is 2. The molecule has 3 rings (SSSR count). The lowest BCUT2D eigenvalue weighted by Gasteiger charge is -2.05. The molecule has 2 aromatic heterocycles. The Bertz CT molecular complexity index is 814. The first-order valence-electron chi connectivity index (χ1n) is 8.47. The fraction of sp³-hybridized carbons (Fsp3) is 0.316. The van der Waals surface area contributed by atoms with E-state index in [4.69, 9.17) is 4.52 Å². The zero-order valence-electron chi connectivity index (χ0n) is 14.6. The first-order valence-corrected chi connectivity index (χ1v) is 10.5. The van der Waals surface area contributed by atoms with Gasteiger partial charge in [-0.05, 0) is 23.9 Å². The predicted octanol–water partition coefficient (Wildman–Crippen LogP) is 4.09. The van der Waals surface area contributed by atoms with Crippen molar-refractivity contribution in [3.8, 4) is 10.7 Å². The quantitative estimate of drug-likeness (QED) is 0.560. The number of aromatic nitrogens is 2. The number of hydrogen-bond donors (Lipinski definition) is 1. The highest BCUT2D eigenvalue weighted by Gasteiger charge is 2.11. The van der Waals surface area contributed by atoms with E-state index in [9.17, 15) is 4.79 Å². The van der Waals surface area contributed by atoms with Gasteiger partial charge in [0.2, 0.25) is 17.6 Å². The van der Waals surface area contributed by atoms with Crippen molar-refractivity contribution in [1.82, 2.24) is 15.5 Å².